The maximum Gasteiger partial charge on any atom is 0.220 e. The van der Waals surface area contributed by atoms with E-state index in [1.165, 1.54) is 0 Å². The molecule has 1 amide bonds. The minimum absolute atomic E-state index is 0.0716. The van der Waals surface area contributed by atoms with Crippen molar-refractivity contribution in [3.63, 3.8) is 0 Å². The van der Waals surface area contributed by atoms with Crippen LogP contribution in [0.2, 0.25) is 0 Å². The molecule has 3 heterocycles. The molecule has 5 heteroatoms. The second-order valence-corrected chi connectivity index (χ2v) is 6.26. The molecular formula is C17H24N2O3. The summed E-state index contributed by atoms with van der Waals surface area (Å²) in [5, 5.41) is 3.18. The SMILES string of the molecule is O=C(CCc1cccnc1)NC1CCOC2(CCOCC2)C1. The number of nitrogens with zero attached hydrogens (tertiary/aromatic N) is 1. The van der Waals surface area contributed by atoms with E-state index in [1.54, 1.807) is 6.20 Å². The van der Waals surface area contributed by atoms with Gasteiger partial charge in [-0.2, -0.15) is 0 Å². The van der Waals surface area contributed by atoms with Crippen molar-refractivity contribution in [2.45, 2.75) is 50.2 Å². The highest BCUT2D eigenvalue weighted by Crippen LogP contribution is 2.34. The van der Waals surface area contributed by atoms with Crippen molar-refractivity contribution in [2.75, 3.05) is 19.8 Å². The normalized spacial score (nSPS) is 24.1. The second-order valence-electron chi connectivity index (χ2n) is 6.26. The first kappa shape index (κ1) is 15.4. The maximum atomic E-state index is 12.2. The molecule has 2 fully saturated rings. The van der Waals surface area contributed by atoms with E-state index in [4.69, 9.17) is 9.47 Å². The lowest BCUT2D eigenvalue weighted by Crippen LogP contribution is -2.51. The van der Waals surface area contributed by atoms with Crippen LogP contribution in [0.4, 0.5) is 0 Å². The van der Waals surface area contributed by atoms with E-state index in [1.807, 2.05) is 18.3 Å². The van der Waals surface area contributed by atoms with Crippen LogP contribution in [-0.4, -0.2) is 42.4 Å². The third kappa shape index (κ3) is 4.05. The van der Waals surface area contributed by atoms with Crippen LogP contribution in [0, 0.1) is 0 Å². The summed E-state index contributed by atoms with van der Waals surface area (Å²) in [6.07, 6.45) is 8.51. The predicted octanol–water partition coefficient (Wildman–Crippen LogP) is 1.86. The first-order chi connectivity index (χ1) is 10.8. The Hall–Kier alpha value is -1.46. The molecule has 0 saturated carbocycles. The Morgan fingerprint density at radius 1 is 1.36 bits per heavy atom. The number of rotatable bonds is 4. The van der Waals surface area contributed by atoms with Gasteiger partial charge in [0.2, 0.25) is 5.91 Å². The van der Waals surface area contributed by atoms with Crippen molar-refractivity contribution in [3.05, 3.63) is 30.1 Å². The summed E-state index contributed by atoms with van der Waals surface area (Å²) in [5.74, 6) is 0.123. The average Bonchev–Trinajstić information content (AvgIpc) is 2.55. The number of hydrogen-bond acceptors (Lipinski definition) is 4. The van der Waals surface area contributed by atoms with Gasteiger partial charge >= 0.3 is 0 Å². The lowest BCUT2D eigenvalue weighted by molar-refractivity contribution is -0.144. The van der Waals surface area contributed by atoms with Crippen LogP contribution < -0.4 is 5.32 Å². The number of ether oxygens (including phenoxy) is 2. The Bertz CT molecular complexity index is 480. The van der Waals surface area contributed by atoms with Crippen LogP contribution in [0.5, 0.6) is 0 Å². The van der Waals surface area contributed by atoms with E-state index in [9.17, 15) is 4.79 Å². The van der Waals surface area contributed by atoms with E-state index < -0.39 is 0 Å². The number of hydrogen-bond donors (Lipinski definition) is 1. The molecule has 120 valence electrons. The van der Waals surface area contributed by atoms with Gasteiger partial charge in [0.05, 0.1) is 5.60 Å². The smallest absolute Gasteiger partial charge is 0.220 e. The molecule has 2 saturated heterocycles. The number of nitrogens with one attached hydrogen (secondary N) is 1. The largest absolute Gasteiger partial charge is 0.381 e. The van der Waals surface area contributed by atoms with Crippen LogP contribution in [0.3, 0.4) is 0 Å². The fraction of sp³-hybridized carbons (Fsp3) is 0.647. The highest BCUT2D eigenvalue weighted by molar-refractivity contribution is 5.76. The second kappa shape index (κ2) is 7.20. The number of aromatic nitrogens is 1. The molecule has 1 aromatic rings. The molecule has 1 N–H and O–H groups in total. The highest BCUT2D eigenvalue weighted by Gasteiger charge is 2.39. The van der Waals surface area contributed by atoms with Crippen LogP contribution in [-0.2, 0) is 20.7 Å². The Balaban J connectivity index is 1.46. The highest BCUT2D eigenvalue weighted by atomic mass is 16.5. The van der Waals surface area contributed by atoms with Gasteiger partial charge in [-0.25, -0.2) is 0 Å². The minimum Gasteiger partial charge on any atom is -0.381 e. The molecule has 0 bridgehead atoms. The molecule has 1 aromatic heterocycles. The molecule has 1 atom stereocenters. The zero-order valence-corrected chi connectivity index (χ0v) is 12.9. The van der Waals surface area contributed by atoms with Gasteiger partial charge in [-0.3, -0.25) is 9.78 Å². The van der Waals surface area contributed by atoms with Gasteiger partial charge in [0.25, 0.3) is 0 Å². The molecule has 2 aliphatic rings. The van der Waals surface area contributed by atoms with Gasteiger partial charge in [-0.05, 0) is 43.7 Å². The summed E-state index contributed by atoms with van der Waals surface area (Å²) in [7, 11) is 0. The first-order valence-electron chi connectivity index (χ1n) is 8.16. The van der Waals surface area contributed by atoms with E-state index in [0.29, 0.717) is 6.42 Å². The Morgan fingerprint density at radius 2 is 2.23 bits per heavy atom. The lowest BCUT2D eigenvalue weighted by atomic mass is 9.84. The van der Waals surface area contributed by atoms with E-state index >= 15 is 0 Å². The average molecular weight is 304 g/mol. The summed E-state index contributed by atoms with van der Waals surface area (Å²) >= 11 is 0. The molecule has 2 aliphatic heterocycles. The molecule has 5 nitrogen and oxygen atoms in total. The van der Waals surface area contributed by atoms with Crippen LogP contribution >= 0.6 is 0 Å². The Morgan fingerprint density at radius 3 is 3.00 bits per heavy atom. The maximum absolute atomic E-state index is 12.2. The zero-order chi connectivity index (χ0) is 15.3. The molecule has 3 rings (SSSR count). The summed E-state index contributed by atoms with van der Waals surface area (Å²) in [4.78, 5) is 16.2. The number of aryl methyl sites for hydroxylation is 1. The molecule has 0 aromatic carbocycles. The van der Waals surface area contributed by atoms with Crippen LogP contribution in [0.1, 0.15) is 37.7 Å². The fourth-order valence-electron chi connectivity index (χ4n) is 3.35. The minimum atomic E-state index is -0.0716. The van der Waals surface area contributed by atoms with Gasteiger partial charge in [0, 0.05) is 44.7 Å². The van der Waals surface area contributed by atoms with Crippen molar-refractivity contribution in [1.29, 1.82) is 0 Å². The van der Waals surface area contributed by atoms with Gasteiger partial charge in [-0.15, -0.1) is 0 Å². The number of carbonyl (C=O) groups is 1. The van der Waals surface area contributed by atoms with Crippen LogP contribution in [0.25, 0.3) is 0 Å². The quantitative estimate of drug-likeness (QED) is 0.922. The molecule has 22 heavy (non-hydrogen) atoms. The topological polar surface area (TPSA) is 60.5 Å². The Kier molecular flexibility index (Phi) is 5.05. The summed E-state index contributed by atoms with van der Waals surface area (Å²) in [6, 6.07) is 4.14. The fourth-order valence-corrected chi connectivity index (χ4v) is 3.35. The monoisotopic (exact) mass is 304 g/mol. The summed E-state index contributed by atoms with van der Waals surface area (Å²) < 4.78 is 11.4. The van der Waals surface area contributed by atoms with E-state index in [-0.39, 0.29) is 17.6 Å². The first-order valence-corrected chi connectivity index (χ1v) is 8.16. The standard InChI is InChI=1S/C17H24N2O3/c20-16(4-3-14-2-1-8-18-13-14)19-15-5-9-22-17(12-15)6-10-21-11-7-17/h1-2,8,13,15H,3-7,9-12H2,(H,19,20). The van der Waals surface area contributed by atoms with Gasteiger partial charge in [-0.1, -0.05) is 6.07 Å². The van der Waals surface area contributed by atoms with Crippen molar-refractivity contribution < 1.29 is 14.3 Å². The predicted molar refractivity (Wildman–Crippen MR) is 82.5 cm³/mol. The number of carbonyl (C=O) groups excluding carboxylic acids is 1. The molecule has 0 aliphatic carbocycles. The summed E-state index contributed by atoms with van der Waals surface area (Å²) in [6.45, 7) is 2.26. The third-order valence-corrected chi connectivity index (χ3v) is 4.63. The van der Waals surface area contributed by atoms with E-state index in [0.717, 1.165) is 57.5 Å². The van der Waals surface area contributed by atoms with Crippen molar-refractivity contribution in [1.82, 2.24) is 10.3 Å². The Labute approximate surface area is 131 Å². The van der Waals surface area contributed by atoms with Crippen LogP contribution in [0.15, 0.2) is 24.5 Å². The molecular weight excluding hydrogens is 280 g/mol. The molecule has 1 spiro atoms. The lowest BCUT2D eigenvalue weighted by Gasteiger charge is -2.43. The van der Waals surface area contributed by atoms with Crippen molar-refractivity contribution in [2.24, 2.45) is 0 Å². The van der Waals surface area contributed by atoms with E-state index in [2.05, 4.69) is 10.3 Å². The third-order valence-electron chi connectivity index (χ3n) is 4.63. The van der Waals surface area contributed by atoms with Crippen molar-refractivity contribution in [3.8, 4) is 0 Å². The van der Waals surface area contributed by atoms with Gasteiger partial charge in [0.1, 0.15) is 0 Å². The molecule has 0 radical (unpaired) electrons. The van der Waals surface area contributed by atoms with Gasteiger partial charge < -0.3 is 14.8 Å². The summed E-state index contributed by atoms with van der Waals surface area (Å²) in [5.41, 5.74) is 1.03. The number of amides is 1. The number of pyridine rings is 1. The zero-order valence-electron chi connectivity index (χ0n) is 12.9. The van der Waals surface area contributed by atoms with Gasteiger partial charge in [0.15, 0.2) is 0 Å². The van der Waals surface area contributed by atoms with Crippen molar-refractivity contribution >= 4 is 5.91 Å². The molecule has 1 unspecified atom stereocenters.